The monoisotopic (exact) mass is 280 g/mol. The molecule has 1 rings (SSSR count). The van der Waals surface area contributed by atoms with Gasteiger partial charge in [-0.1, -0.05) is 30.3 Å². The fourth-order valence-electron chi connectivity index (χ4n) is 1.76. The molecule has 4 N–H and O–H groups in total. The van der Waals surface area contributed by atoms with Crippen LogP contribution in [0.3, 0.4) is 0 Å². The lowest BCUT2D eigenvalue weighted by molar-refractivity contribution is -0.136. The van der Waals surface area contributed by atoms with Gasteiger partial charge in [0.05, 0.1) is 12.5 Å². The third-order valence-electron chi connectivity index (χ3n) is 2.76. The molecule has 0 bridgehead atoms. The Labute approximate surface area is 117 Å². The number of aliphatic carboxylic acids is 1. The van der Waals surface area contributed by atoms with Crippen LogP contribution in [0, 0.1) is 0 Å². The first-order valence-electron chi connectivity index (χ1n) is 6.48. The molecule has 0 heterocycles. The minimum absolute atomic E-state index is 0.0785. The highest BCUT2D eigenvalue weighted by atomic mass is 16.4. The minimum Gasteiger partial charge on any atom is -0.481 e. The van der Waals surface area contributed by atoms with Gasteiger partial charge in [-0.3, -0.25) is 4.79 Å². The van der Waals surface area contributed by atoms with Crippen molar-refractivity contribution in [3.8, 4) is 0 Å². The van der Waals surface area contributed by atoms with E-state index in [1.54, 1.807) is 6.92 Å². The molecule has 110 valence electrons. The molecule has 0 aliphatic carbocycles. The smallest absolute Gasteiger partial charge is 0.315 e. The maximum absolute atomic E-state index is 11.5. The summed E-state index contributed by atoms with van der Waals surface area (Å²) in [6.07, 6.45) is -0.379. The van der Waals surface area contributed by atoms with Crippen LogP contribution >= 0.6 is 0 Å². The van der Waals surface area contributed by atoms with Gasteiger partial charge in [-0.05, 0) is 18.9 Å². The lowest BCUT2D eigenvalue weighted by Crippen LogP contribution is -2.42. The maximum Gasteiger partial charge on any atom is 0.315 e. The van der Waals surface area contributed by atoms with Gasteiger partial charge in [-0.2, -0.15) is 0 Å². The molecule has 2 atom stereocenters. The van der Waals surface area contributed by atoms with Gasteiger partial charge in [0.25, 0.3) is 0 Å². The fourth-order valence-corrected chi connectivity index (χ4v) is 1.76. The third kappa shape index (κ3) is 6.19. The van der Waals surface area contributed by atoms with Crippen molar-refractivity contribution in [2.24, 2.45) is 0 Å². The highest BCUT2D eigenvalue weighted by Gasteiger charge is 2.14. The normalized spacial score (nSPS) is 13.3. The Balaban J connectivity index is 2.30. The van der Waals surface area contributed by atoms with Crippen LogP contribution in [0.25, 0.3) is 0 Å². The predicted octanol–water partition coefficient (Wildman–Crippen LogP) is 1.27. The number of hydrogen-bond donors (Lipinski definition) is 4. The van der Waals surface area contributed by atoms with E-state index in [1.807, 2.05) is 30.3 Å². The van der Waals surface area contributed by atoms with Crippen LogP contribution in [-0.4, -0.2) is 34.8 Å². The van der Waals surface area contributed by atoms with Crippen molar-refractivity contribution < 1.29 is 19.8 Å². The van der Waals surface area contributed by atoms with Crippen LogP contribution < -0.4 is 10.6 Å². The summed E-state index contributed by atoms with van der Waals surface area (Å²) < 4.78 is 0. The molecule has 0 saturated heterocycles. The summed E-state index contributed by atoms with van der Waals surface area (Å²) in [5.41, 5.74) is 0.799. The van der Waals surface area contributed by atoms with Crippen LogP contribution in [0.5, 0.6) is 0 Å². The number of carbonyl (C=O) groups excluding carboxylic acids is 1. The highest BCUT2D eigenvalue weighted by molar-refractivity contribution is 5.75. The van der Waals surface area contributed by atoms with E-state index >= 15 is 0 Å². The van der Waals surface area contributed by atoms with E-state index in [0.29, 0.717) is 6.42 Å². The van der Waals surface area contributed by atoms with E-state index in [0.717, 1.165) is 5.56 Å². The van der Waals surface area contributed by atoms with Crippen LogP contribution in [0.1, 0.15) is 31.4 Å². The van der Waals surface area contributed by atoms with Crippen molar-refractivity contribution in [3.05, 3.63) is 35.9 Å². The first-order valence-corrected chi connectivity index (χ1v) is 6.48. The summed E-state index contributed by atoms with van der Waals surface area (Å²) in [5, 5.41) is 23.5. The van der Waals surface area contributed by atoms with Crippen molar-refractivity contribution in [1.29, 1.82) is 0 Å². The Morgan fingerprint density at radius 3 is 2.50 bits per heavy atom. The quantitative estimate of drug-likeness (QED) is 0.604. The second-order valence-electron chi connectivity index (χ2n) is 4.61. The number of hydrogen-bond acceptors (Lipinski definition) is 3. The van der Waals surface area contributed by atoms with Crippen molar-refractivity contribution in [1.82, 2.24) is 10.6 Å². The molecule has 0 aliphatic heterocycles. The molecule has 2 unspecified atom stereocenters. The van der Waals surface area contributed by atoms with Crippen LogP contribution in [0.4, 0.5) is 4.79 Å². The van der Waals surface area contributed by atoms with E-state index in [1.165, 1.54) is 0 Å². The molecule has 20 heavy (non-hydrogen) atoms. The Kier molecular flexibility index (Phi) is 6.52. The van der Waals surface area contributed by atoms with Gasteiger partial charge >= 0.3 is 12.0 Å². The average molecular weight is 280 g/mol. The van der Waals surface area contributed by atoms with Crippen molar-refractivity contribution in [2.45, 2.75) is 31.9 Å². The zero-order valence-corrected chi connectivity index (χ0v) is 11.4. The first kappa shape index (κ1) is 16.0. The first-order chi connectivity index (χ1) is 9.49. The molecule has 1 aromatic rings. The Morgan fingerprint density at radius 2 is 1.90 bits per heavy atom. The topological polar surface area (TPSA) is 98.7 Å². The number of benzene rings is 1. The number of amides is 2. The standard InChI is InChI=1S/C14H20N2O4/c1-10(16-14(20)15-8-7-13(18)19)9-12(17)11-5-3-2-4-6-11/h2-6,10,12,17H,7-9H2,1H3,(H,18,19)(H2,15,16,20). The molecule has 0 spiro atoms. The van der Waals surface area contributed by atoms with Crippen LogP contribution in [0.2, 0.25) is 0 Å². The maximum atomic E-state index is 11.5. The number of urea groups is 1. The summed E-state index contributed by atoms with van der Waals surface area (Å²) >= 11 is 0. The van der Waals surface area contributed by atoms with E-state index in [-0.39, 0.29) is 19.0 Å². The molecule has 2 amide bonds. The highest BCUT2D eigenvalue weighted by Crippen LogP contribution is 2.17. The molecular weight excluding hydrogens is 260 g/mol. The van der Waals surface area contributed by atoms with E-state index < -0.39 is 18.1 Å². The van der Waals surface area contributed by atoms with Crippen molar-refractivity contribution >= 4 is 12.0 Å². The molecular formula is C14H20N2O4. The minimum atomic E-state index is -0.960. The SMILES string of the molecule is CC(CC(O)c1ccccc1)NC(=O)NCCC(=O)O. The van der Waals surface area contributed by atoms with Gasteiger partial charge < -0.3 is 20.8 Å². The van der Waals surface area contributed by atoms with Crippen LogP contribution in [-0.2, 0) is 4.79 Å². The van der Waals surface area contributed by atoms with E-state index in [2.05, 4.69) is 10.6 Å². The molecule has 0 saturated carbocycles. The van der Waals surface area contributed by atoms with Gasteiger partial charge in [-0.15, -0.1) is 0 Å². The third-order valence-corrected chi connectivity index (χ3v) is 2.76. The molecule has 0 aromatic heterocycles. The Morgan fingerprint density at radius 1 is 1.25 bits per heavy atom. The lowest BCUT2D eigenvalue weighted by atomic mass is 10.0. The van der Waals surface area contributed by atoms with E-state index in [9.17, 15) is 14.7 Å². The summed E-state index contributed by atoms with van der Waals surface area (Å²) in [4.78, 5) is 21.8. The summed E-state index contributed by atoms with van der Waals surface area (Å²) in [6.45, 7) is 1.86. The van der Waals surface area contributed by atoms with Gasteiger partial charge in [-0.25, -0.2) is 4.79 Å². The number of rotatable bonds is 7. The number of aliphatic hydroxyl groups is 1. The second-order valence-corrected chi connectivity index (χ2v) is 4.61. The number of carboxylic acids is 1. The zero-order valence-electron chi connectivity index (χ0n) is 11.4. The Bertz CT molecular complexity index is 436. The number of aliphatic hydroxyl groups excluding tert-OH is 1. The summed E-state index contributed by atoms with van der Waals surface area (Å²) in [6, 6.07) is 8.54. The Hall–Kier alpha value is -2.08. The molecule has 6 heteroatoms. The average Bonchev–Trinajstić information content (AvgIpc) is 2.38. The van der Waals surface area contributed by atoms with E-state index in [4.69, 9.17) is 5.11 Å². The second kappa shape index (κ2) is 8.16. The van der Waals surface area contributed by atoms with Gasteiger partial charge in [0.15, 0.2) is 0 Å². The molecule has 0 aliphatic rings. The van der Waals surface area contributed by atoms with Crippen molar-refractivity contribution in [3.63, 3.8) is 0 Å². The van der Waals surface area contributed by atoms with Gasteiger partial charge in [0, 0.05) is 12.6 Å². The van der Waals surface area contributed by atoms with Gasteiger partial charge in [0.2, 0.25) is 0 Å². The van der Waals surface area contributed by atoms with Crippen molar-refractivity contribution in [2.75, 3.05) is 6.54 Å². The predicted molar refractivity (Wildman–Crippen MR) is 74.3 cm³/mol. The number of carboxylic acid groups (broad SMARTS) is 1. The summed E-state index contributed by atoms with van der Waals surface area (Å²) in [7, 11) is 0. The largest absolute Gasteiger partial charge is 0.481 e. The fraction of sp³-hybridized carbons (Fsp3) is 0.429. The molecule has 0 fully saturated rings. The molecule has 0 radical (unpaired) electrons. The number of carbonyl (C=O) groups is 2. The lowest BCUT2D eigenvalue weighted by Gasteiger charge is -2.18. The van der Waals surface area contributed by atoms with Crippen LogP contribution in [0.15, 0.2) is 30.3 Å². The van der Waals surface area contributed by atoms with Gasteiger partial charge in [0.1, 0.15) is 0 Å². The number of nitrogens with one attached hydrogen (secondary N) is 2. The summed E-state index contributed by atoms with van der Waals surface area (Å²) in [5.74, 6) is -0.960. The molecule has 1 aromatic carbocycles. The molecule has 6 nitrogen and oxygen atoms in total. The zero-order chi connectivity index (χ0) is 15.0.